The van der Waals surface area contributed by atoms with Gasteiger partial charge >= 0.3 is 5.97 Å². The standard InChI is InChI=1S/C21H18Br2FNO3/c1-21(2)15(10-17(22)23)18(21)20(26)28-19-13(7-8-25)11-27-16(19)9-12-3-5-14(24)6-4-12/h3-6,10-11,15,18H,7,9H2,1-2H3. The van der Waals surface area contributed by atoms with Crippen LogP contribution in [-0.4, -0.2) is 5.97 Å². The zero-order chi connectivity index (χ0) is 20.5. The number of furan rings is 1. The second kappa shape index (κ2) is 8.22. The molecule has 2 aromatic rings. The SMILES string of the molecule is CC1(C)C(C=C(Br)Br)C1C(=O)Oc1c(CC#N)coc1Cc1ccc(F)cc1. The fraction of sp³-hybridized carbons (Fsp3) is 0.333. The van der Waals surface area contributed by atoms with Crippen molar-refractivity contribution < 1.29 is 18.3 Å². The molecule has 0 amide bonds. The fourth-order valence-electron chi connectivity index (χ4n) is 3.41. The van der Waals surface area contributed by atoms with Gasteiger partial charge in [-0.05, 0) is 60.9 Å². The van der Waals surface area contributed by atoms with Gasteiger partial charge in [-0.15, -0.1) is 0 Å². The minimum Gasteiger partial charge on any atom is -0.465 e. The Bertz CT molecular complexity index is 953. The lowest BCUT2D eigenvalue weighted by molar-refractivity contribution is -0.136. The first-order valence-electron chi connectivity index (χ1n) is 8.69. The zero-order valence-electron chi connectivity index (χ0n) is 15.3. The van der Waals surface area contributed by atoms with Gasteiger partial charge < -0.3 is 9.15 Å². The monoisotopic (exact) mass is 509 g/mol. The third-order valence-corrected chi connectivity index (χ3v) is 5.64. The number of allylic oxidation sites excluding steroid dienone is 1. The number of nitriles is 1. The molecule has 1 heterocycles. The first-order valence-corrected chi connectivity index (χ1v) is 10.3. The average Bonchev–Trinajstić information content (AvgIpc) is 2.96. The number of carbonyl (C=O) groups is 1. The first-order chi connectivity index (χ1) is 13.2. The molecule has 0 saturated heterocycles. The Kier molecular flexibility index (Phi) is 6.11. The number of halogens is 3. The minimum atomic E-state index is -0.353. The van der Waals surface area contributed by atoms with Crippen LogP contribution in [0.15, 0.2) is 44.4 Å². The van der Waals surface area contributed by atoms with E-state index in [0.717, 1.165) is 8.96 Å². The lowest BCUT2D eigenvalue weighted by Gasteiger charge is -2.08. The summed E-state index contributed by atoms with van der Waals surface area (Å²) in [7, 11) is 0. The summed E-state index contributed by atoms with van der Waals surface area (Å²) in [5.41, 5.74) is 1.12. The third kappa shape index (κ3) is 4.39. The molecular formula is C21H18Br2FNO3. The highest BCUT2D eigenvalue weighted by Crippen LogP contribution is 2.60. The highest BCUT2D eigenvalue weighted by molar-refractivity contribution is 9.28. The van der Waals surface area contributed by atoms with Crippen LogP contribution in [0.3, 0.4) is 0 Å². The summed E-state index contributed by atoms with van der Waals surface area (Å²) >= 11 is 6.68. The van der Waals surface area contributed by atoms with Crippen LogP contribution in [-0.2, 0) is 17.6 Å². The summed E-state index contributed by atoms with van der Waals surface area (Å²) in [6.45, 7) is 4.02. The highest BCUT2D eigenvalue weighted by Gasteiger charge is 2.61. The number of ether oxygens (including phenoxy) is 1. The van der Waals surface area contributed by atoms with Gasteiger partial charge in [0.2, 0.25) is 0 Å². The number of benzene rings is 1. The molecular weight excluding hydrogens is 493 g/mol. The van der Waals surface area contributed by atoms with Crippen molar-refractivity contribution in [3.05, 3.63) is 62.7 Å². The van der Waals surface area contributed by atoms with E-state index in [1.165, 1.54) is 18.4 Å². The maximum atomic E-state index is 13.1. The van der Waals surface area contributed by atoms with E-state index in [2.05, 4.69) is 37.9 Å². The van der Waals surface area contributed by atoms with Gasteiger partial charge in [0.05, 0.1) is 28.1 Å². The van der Waals surface area contributed by atoms with Gasteiger partial charge in [-0.3, -0.25) is 4.79 Å². The molecule has 28 heavy (non-hydrogen) atoms. The van der Waals surface area contributed by atoms with E-state index < -0.39 is 0 Å². The Morgan fingerprint density at radius 3 is 2.64 bits per heavy atom. The molecule has 1 aliphatic carbocycles. The molecule has 1 aromatic carbocycles. The van der Waals surface area contributed by atoms with Crippen LogP contribution >= 0.6 is 31.9 Å². The topological polar surface area (TPSA) is 63.2 Å². The number of hydrogen-bond acceptors (Lipinski definition) is 4. The van der Waals surface area contributed by atoms with E-state index in [1.54, 1.807) is 12.1 Å². The van der Waals surface area contributed by atoms with Crippen molar-refractivity contribution in [1.29, 1.82) is 5.26 Å². The molecule has 4 nitrogen and oxygen atoms in total. The molecule has 1 fully saturated rings. The van der Waals surface area contributed by atoms with Gasteiger partial charge in [0.1, 0.15) is 5.82 Å². The summed E-state index contributed by atoms with van der Waals surface area (Å²) in [4.78, 5) is 12.8. The first kappa shape index (κ1) is 20.8. The molecule has 0 bridgehead atoms. The second-order valence-corrected chi connectivity index (χ2v) is 10.1. The Balaban J connectivity index is 1.83. The van der Waals surface area contributed by atoms with E-state index in [-0.39, 0.29) is 35.5 Å². The predicted molar refractivity (Wildman–Crippen MR) is 110 cm³/mol. The number of rotatable bonds is 6. The Labute approximate surface area is 179 Å². The van der Waals surface area contributed by atoms with Crippen molar-refractivity contribution in [1.82, 2.24) is 0 Å². The Hall–Kier alpha value is -1.91. The maximum absolute atomic E-state index is 13.1. The minimum absolute atomic E-state index is 0.0422. The van der Waals surface area contributed by atoms with Gasteiger partial charge in [0.15, 0.2) is 11.5 Å². The molecule has 1 aromatic heterocycles. The molecule has 1 saturated carbocycles. The smallest absolute Gasteiger partial charge is 0.315 e. The summed E-state index contributed by atoms with van der Waals surface area (Å²) in [5, 5.41) is 9.06. The molecule has 2 atom stereocenters. The largest absolute Gasteiger partial charge is 0.465 e. The summed E-state index contributed by atoms with van der Waals surface area (Å²) in [6, 6.07) is 8.07. The van der Waals surface area contributed by atoms with Gasteiger partial charge in [-0.1, -0.05) is 32.1 Å². The van der Waals surface area contributed by atoms with Gasteiger partial charge in [0.25, 0.3) is 0 Å². The van der Waals surface area contributed by atoms with E-state index in [4.69, 9.17) is 14.4 Å². The van der Waals surface area contributed by atoms with Crippen molar-refractivity contribution in [3.63, 3.8) is 0 Å². The van der Waals surface area contributed by atoms with Gasteiger partial charge in [-0.25, -0.2) is 4.39 Å². The number of carbonyl (C=O) groups excluding carboxylic acids is 1. The average molecular weight is 511 g/mol. The Morgan fingerprint density at radius 1 is 1.36 bits per heavy atom. The molecule has 7 heteroatoms. The van der Waals surface area contributed by atoms with Crippen LogP contribution in [0.2, 0.25) is 0 Å². The van der Waals surface area contributed by atoms with Crippen LogP contribution in [0, 0.1) is 34.4 Å². The third-order valence-electron chi connectivity index (χ3n) is 5.11. The van der Waals surface area contributed by atoms with E-state index in [1.807, 2.05) is 19.9 Å². The van der Waals surface area contributed by atoms with E-state index in [9.17, 15) is 9.18 Å². The van der Waals surface area contributed by atoms with E-state index >= 15 is 0 Å². The van der Waals surface area contributed by atoms with Crippen molar-refractivity contribution in [2.45, 2.75) is 26.7 Å². The lowest BCUT2D eigenvalue weighted by Crippen LogP contribution is -2.15. The molecule has 0 aliphatic heterocycles. The second-order valence-electron chi connectivity index (χ2n) is 7.35. The van der Waals surface area contributed by atoms with Crippen molar-refractivity contribution in [2.24, 2.45) is 17.3 Å². The molecule has 0 radical (unpaired) electrons. The van der Waals surface area contributed by atoms with Gasteiger partial charge in [0, 0.05) is 12.0 Å². The quantitative estimate of drug-likeness (QED) is 0.455. The molecule has 146 valence electrons. The van der Waals surface area contributed by atoms with Crippen LogP contribution in [0.5, 0.6) is 5.75 Å². The molecule has 0 N–H and O–H groups in total. The van der Waals surface area contributed by atoms with Crippen molar-refractivity contribution in [2.75, 3.05) is 0 Å². The fourth-order valence-corrected chi connectivity index (χ4v) is 3.98. The summed E-state index contributed by atoms with van der Waals surface area (Å²) < 4.78 is 25.2. The van der Waals surface area contributed by atoms with Crippen molar-refractivity contribution in [3.8, 4) is 11.8 Å². The zero-order valence-corrected chi connectivity index (χ0v) is 18.5. The molecule has 1 aliphatic rings. The van der Waals surface area contributed by atoms with Crippen LogP contribution in [0.25, 0.3) is 0 Å². The Morgan fingerprint density at radius 2 is 2.04 bits per heavy atom. The molecule has 2 unspecified atom stereocenters. The van der Waals surface area contributed by atoms with Crippen molar-refractivity contribution >= 4 is 37.8 Å². The highest BCUT2D eigenvalue weighted by atomic mass is 79.9. The normalized spacial score (nSPS) is 19.6. The number of hydrogen-bond donors (Lipinski definition) is 0. The predicted octanol–water partition coefficient (Wildman–Crippen LogP) is 5.88. The molecule has 0 spiro atoms. The van der Waals surface area contributed by atoms with Gasteiger partial charge in [-0.2, -0.15) is 5.26 Å². The van der Waals surface area contributed by atoms with Crippen LogP contribution in [0.4, 0.5) is 4.39 Å². The summed E-state index contributed by atoms with van der Waals surface area (Å²) in [6.07, 6.45) is 3.78. The number of nitrogens with zero attached hydrogens (tertiary/aromatic N) is 1. The van der Waals surface area contributed by atoms with E-state index in [0.29, 0.717) is 23.5 Å². The maximum Gasteiger partial charge on any atom is 0.315 e. The number of esters is 1. The van der Waals surface area contributed by atoms with Crippen LogP contribution in [0.1, 0.15) is 30.7 Å². The lowest BCUT2D eigenvalue weighted by atomic mass is 10.1. The summed E-state index contributed by atoms with van der Waals surface area (Å²) in [5.74, 6) is -0.195. The molecule has 3 rings (SSSR count). The van der Waals surface area contributed by atoms with Crippen LogP contribution < -0.4 is 4.74 Å².